The number of piperidine rings is 1. The van der Waals surface area contributed by atoms with E-state index >= 15 is 0 Å². The summed E-state index contributed by atoms with van der Waals surface area (Å²) in [5, 5.41) is 2.92. The van der Waals surface area contributed by atoms with E-state index in [4.69, 9.17) is 0 Å². The van der Waals surface area contributed by atoms with Gasteiger partial charge in [0.05, 0.1) is 5.92 Å². The second kappa shape index (κ2) is 10.6. The lowest BCUT2D eigenvalue weighted by atomic mass is 9.93. The molecule has 0 bridgehead atoms. The number of likely N-dealkylation sites (tertiary alicyclic amines) is 1. The predicted octanol–water partition coefficient (Wildman–Crippen LogP) is 4.49. The van der Waals surface area contributed by atoms with Crippen LogP contribution in [0.4, 0.5) is 18.9 Å². The zero-order valence-corrected chi connectivity index (χ0v) is 18.0. The SMILES string of the molecule is CCN(CC(F)(F)F)C(=O)[C@H]1CCCN([C@@H](C(=O)Nc2ccccc2)c2ccccc2)C1. The van der Waals surface area contributed by atoms with Crippen molar-refractivity contribution >= 4 is 17.5 Å². The van der Waals surface area contributed by atoms with Gasteiger partial charge in [0.25, 0.3) is 0 Å². The topological polar surface area (TPSA) is 52.7 Å². The molecule has 0 aromatic heterocycles. The quantitative estimate of drug-likeness (QED) is 0.681. The molecule has 1 fully saturated rings. The maximum absolute atomic E-state index is 13.3. The van der Waals surface area contributed by atoms with E-state index in [-0.39, 0.29) is 19.0 Å². The van der Waals surface area contributed by atoms with Gasteiger partial charge in [0.2, 0.25) is 11.8 Å². The molecular weight excluding hydrogens is 419 g/mol. The van der Waals surface area contributed by atoms with Crippen LogP contribution in [0.15, 0.2) is 60.7 Å². The zero-order valence-electron chi connectivity index (χ0n) is 18.0. The lowest BCUT2D eigenvalue weighted by molar-refractivity contribution is -0.164. The molecule has 1 saturated heterocycles. The normalized spacial score (nSPS) is 18.1. The summed E-state index contributed by atoms with van der Waals surface area (Å²) in [6, 6.07) is 17.7. The first-order chi connectivity index (χ1) is 15.3. The molecular formula is C24H28F3N3O2. The van der Waals surface area contributed by atoms with Gasteiger partial charge in [0.1, 0.15) is 12.6 Å². The smallest absolute Gasteiger partial charge is 0.334 e. The van der Waals surface area contributed by atoms with Crippen LogP contribution in [0.25, 0.3) is 0 Å². The number of carbonyl (C=O) groups excluding carboxylic acids is 2. The van der Waals surface area contributed by atoms with E-state index in [1.54, 1.807) is 19.1 Å². The Labute approximate surface area is 186 Å². The van der Waals surface area contributed by atoms with Gasteiger partial charge in [-0.2, -0.15) is 13.2 Å². The van der Waals surface area contributed by atoms with Gasteiger partial charge in [0, 0.05) is 18.8 Å². The van der Waals surface area contributed by atoms with E-state index in [9.17, 15) is 22.8 Å². The summed E-state index contributed by atoms with van der Waals surface area (Å²) in [6.45, 7) is 1.09. The van der Waals surface area contributed by atoms with Crippen LogP contribution in [-0.2, 0) is 9.59 Å². The van der Waals surface area contributed by atoms with Crippen molar-refractivity contribution in [2.75, 3.05) is 31.5 Å². The Hall–Kier alpha value is -2.87. The number of anilines is 1. The number of rotatable bonds is 7. The number of nitrogens with zero attached hydrogens (tertiary/aromatic N) is 2. The zero-order chi connectivity index (χ0) is 23.1. The molecule has 0 spiro atoms. The van der Waals surface area contributed by atoms with E-state index < -0.39 is 30.6 Å². The van der Waals surface area contributed by atoms with Gasteiger partial charge in [-0.05, 0) is 44.0 Å². The first-order valence-corrected chi connectivity index (χ1v) is 10.8. The molecule has 172 valence electrons. The Morgan fingerprint density at radius 1 is 1.09 bits per heavy atom. The fourth-order valence-corrected chi connectivity index (χ4v) is 4.16. The summed E-state index contributed by atoms with van der Waals surface area (Å²) in [6.07, 6.45) is -3.31. The van der Waals surface area contributed by atoms with Crippen molar-refractivity contribution in [1.82, 2.24) is 9.80 Å². The van der Waals surface area contributed by atoms with Crippen LogP contribution in [0.2, 0.25) is 0 Å². The number of alkyl halides is 3. The number of para-hydroxylation sites is 1. The highest BCUT2D eigenvalue weighted by Gasteiger charge is 2.38. The van der Waals surface area contributed by atoms with Gasteiger partial charge in [0.15, 0.2) is 0 Å². The predicted molar refractivity (Wildman–Crippen MR) is 117 cm³/mol. The van der Waals surface area contributed by atoms with Crippen LogP contribution in [-0.4, -0.2) is 54.0 Å². The molecule has 1 aliphatic heterocycles. The van der Waals surface area contributed by atoms with Gasteiger partial charge >= 0.3 is 6.18 Å². The summed E-state index contributed by atoms with van der Waals surface area (Å²) < 4.78 is 38.7. The third-order valence-electron chi connectivity index (χ3n) is 5.64. The monoisotopic (exact) mass is 447 g/mol. The third-order valence-corrected chi connectivity index (χ3v) is 5.64. The van der Waals surface area contributed by atoms with Gasteiger partial charge in [-0.1, -0.05) is 48.5 Å². The second-order valence-corrected chi connectivity index (χ2v) is 7.97. The minimum absolute atomic E-state index is 0.00848. The van der Waals surface area contributed by atoms with E-state index in [0.717, 1.165) is 10.5 Å². The molecule has 2 atom stereocenters. The van der Waals surface area contributed by atoms with Crippen LogP contribution in [0.1, 0.15) is 31.4 Å². The fourth-order valence-electron chi connectivity index (χ4n) is 4.16. The third kappa shape index (κ3) is 6.32. The molecule has 0 saturated carbocycles. The lowest BCUT2D eigenvalue weighted by Crippen LogP contribution is -2.49. The molecule has 1 N–H and O–H groups in total. The van der Waals surface area contributed by atoms with E-state index in [1.165, 1.54) is 0 Å². The summed E-state index contributed by atoms with van der Waals surface area (Å²) in [5.74, 6) is -1.33. The highest BCUT2D eigenvalue weighted by molar-refractivity contribution is 5.95. The maximum atomic E-state index is 13.3. The molecule has 5 nitrogen and oxygen atoms in total. The van der Waals surface area contributed by atoms with Crippen molar-refractivity contribution in [2.24, 2.45) is 5.92 Å². The minimum Gasteiger partial charge on any atom is -0.334 e. The number of amides is 2. The van der Waals surface area contributed by atoms with Crippen LogP contribution >= 0.6 is 0 Å². The molecule has 0 unspecified atom stereocenters. The number of carbonyl (C=O) groups is 2. The Morgan fingerprint density at radius 3 is 2.31 bits per heavy atom. The molecule has 1 aliphatic rings. The molecule has 8 heteroatoms. The van der Waals surface area contributed by atoms with Crippen molar-refractivity contribution < 1.29 is 22.8 Å². The first-order valence-electron chi connectivity index (χ1n) is 10.8. The summed E-state index contributed by atoms with van der Waals surface area (Å²) >= 11 is 0. The summed E-state index contributed by atoms with van der Waals surface area (Å²) in [4.78, 5) is 28.9. The Morgan fingerprint density at radius 2 is 1.72 bits per heavy atom. The van der Waals surface area contributed by atoms with Crippen molar-refractivity contribution in [3.05, 3.63) is 66.2 Å². The van der Waals surface area contributed by atoms with E-state index in [2.05, 4.69) is 5.32 Å². The summed E-state index contributed by atoms with van der Waals surface area (Å²) in [5.41, 5.74) is 1.43. The van der Waals surface area contributed by atoms with E-state index in [1.807, 2.05) is 53.4 Å². The lowest BCUT2D eigenvalue weighted by Gasteiger charge is -2.38. The van der Waals surface area contributed by atoms with Crippen molar-refractivity contribution in [3.63, 3.8) is 0 Å². The van der Waals surface area contributed by atoms with Crippen LogP contribution in [0.5, 0.6) is 0 Å². The standard InChI is InChI=1S/C24H28F3N3O2/c1-2-29(17-24(25,26)27)23(32)19-12-9-15-30(16-19)21(18-10-5-3-6-11-18)22(31)28-20-13-7-4-8-14-20/h3-8,10-11,13-14,19,21H,2,9,12,15-17H2,1H3,(H,28,31)/t19-,21+/m0/s1. The van der Waals surface area contributed by atoms with Crippen LogP contribution in [0, 0.1) is 5.92 Å². The van der Waals surface area contributed by atoms with E-state index in [0.29, 0.717) is 25.1 Å². The molecule has 2 amide bonds. The highest BCUT2D eigenvalue weighted by Crippen LogP contribution is 2.30. The fraction of sp³-hybridized carbons (Fsp3) is 0.417. The molecule has 0 radical (unpaired) electrons. The Balaban J connectivity index is 1.80. The van der Waals surface area contributed by atoms with Gasteiger partial charge in [-0.15, -0.1) is 0 Å². The van der Waals surface area contributed by atoms with Gasteiger partial charge in [-0.3, -0.25) is 14.5 Å². The number of benzene rings is 2. The van der Waals surface area contributed by atoms with Crippen LogP contribution in [0.3, 0.4) is 0 Å². The average Bonchev–Trinajstić information content (AvgIpc) is 2.78. The number of halogens is 3. The molecule has 32 heavy (non-hydrogen) atoms. The molecule has 1 heterocycles. The molecule has 0 aliphatic carbocycles. The minimum atomic E-state index is -4.44. The largest absolute Gasteiger partial charge is 0.406 e. The number of nitrogens with one attached hydrogen (secondary N) is 1. The van der Waals surface area contributed by atoms with Gasteiger partial charge in [-0.25, -0.2) is 0 Å². The first kappa shape index (κ1) is 23.8. The highest BCUT2D eigenvalue weighted by atomic mass is 19.4. The molecule has 2 aromatic rings. The maximum Gasteiger partial charge on any atom is 0.406 e. The van der Waals surface area contributed by atoms with Gasteiger partial charge < -0.3 is 10.2 Å². The Kier molecular flexibility index (Phi) is 7.90. The van der Waals surface area contributed by atoms with Crippen molar-refractivity contribution in [3.8, 4) is 0 Å². The van der Waals surface area contributed by atoms with Crippen molar-refractivity contribution in [1.29, 1.82) is 0 Å². The number of hydrogen-bond donors (Lipinski definition) is 1. The van der Waals surface area contributed by atoms with Crippen molar-refractivity contribution in [2.45, 2.75) is 32.0 Å². The molecule has 2 aromatic carbocycles. The number of hydrogen-bond acceptors (Lipinski definition) is 3. The Bertz CT molecular complexity index is 890. The average molecular weight is 448 g/mol. The second-order valence-electron chi connectivity index (χ2n) is 7.97. The van der Waals surface area contributed by atoms with Crippen LogP contribution < -0.4 is 5.32 Å². The molecule has 3 rings (SSSR count). The summed E-state index contributed by atoms with van der Waals surface area (Å²) in [7, 11) is 0.